The molecule has 2 N–H and O–H groups in total. The van der Waals surface area contributed by atoms with Gasteiger partial charge >= 0.3 is 0 Å². The van der Waals surface area contributed by atoms with Crippen LogP contribution in [0.3, 0.4) is 0 Å². The van der Waals surface area contributed by atoms with Crippen LogP contribution in [0.1, 0.15) is 12.0 Å². The molecule has 1 aromatic rings. The van der Waals surface area contributed by atoms with Gasteiger partial charge in [0, 0.05) is 6.61 Å². The zero-order valence-electron chi connectivity index (χ0n) is 9.61. The van der Waals surface area contributed by atoms with Gasteiger partial charge in [0.25, 0.3) is 0 Å². The van der Waals surface area contributed by atoms with Crippen molar-refractivity contribution in [3.63, 3.8) is 0 Å². The Morgan fingerprint density at radius 1 is 1.39 bits per heavy atom. The van der Waals surface area contributed by atoms with Crippen molar-refractivity contribution >= 4 is 29.1 Å². The molecular weight excluding hydrogens is 250 g/mol. The first-order valence-corrected chi connectivity index (χ1v) is 6.42. The van der Waals surface area contributed by atoms with Crippen LogP contribution in [-0.2, 0) is 4.79 Å². The molecule has 1 saturated heterocycles. The van der Waals surface area contributed by atoms with Crippen LogP contribution in [0.15, 0.2) is 40.5 Å². The van der Waals surface area contributed by atoms with Crippen LogP contribution in [0, 0.1) is 0 Å². The van der Waals surface area contributed by atoms with Gasteiger partial charge in [-0.15, -0.1) is 5.10 Å². The molecule has 6 heteroatoms. The fourth-order valence-electron chi connectivity index (χ4n) is 1.45. The highest BCUT2D eigenvalue weighted by Crippen LogP contribution is 2.21. The lowest BCUT2D eigenvalue weighted by Crippen LogP contribution is -2.25. The number of amidine groups is 1. The maximum Gasteiger partial charge on any atom is 0.239 e. The number of nitrogens with zero attached hydrogens (tertiary/aromatic N) is 2. The van der Waals surface area contributed by atoms with E-state index in [1.807, 2.05) is 30.3 Å². The summed E-state index contributed by atoms with van der Waals surface area (Å²) in [5.74, 6) is -0.122. The second-order valence-electron chi connectivity index (χ2n) is 3.67. The fourth-order valence-corrected chi connectivity index (χ4v) is 2.36. The molecule has 5 nitrogen and oxygen atoms in total. The minimum absolute atomic E-state index is 0.00828. The Labute approximate surface area is 109 Å². The summed E-state index contributed by atoms with van der Waals surface area (Å²) in [5.41, 5.74) is 0.947. The van der Waals surface area contributed by atoms with Crippen LogP contribution in [0.25, 0.3) is 0 Å². The van der Waals surface area contributed by atoms with Crippen molar-refractivity contribution < 1.29 is 9.90 Å². The summed E-state index contributed by atoms with van der Waals surface area (Å²) in [5, 5.41) is 19.5. The third-order valence-corrected chi connectivity index (χ3v) is 3.46. The topological polar surface area (TPSA) is 74.0 Å². The van der Waals surface area contributed by atoms with Gasteiger partial charge in [0.05, 0.1) is 11.5 Å². The van der Waals surface area contributed by atoms with Crippen molar-refractivity contribution in [1.82, 2.24) is 5.32 Å². The lowest BCUT2D eigenvalue weighted by Gasteiger charge is -1.98. The Balaban J connectivity index is 1.95. The summed E-state index contributed by atoms with van der Waals surface area (Å²) >= 11 is 1.29. The van der Waals surface area contributed by atoms with Gasteiger partial charge in [0.1, 0.15) is 0 Å². The molecule has 0 aliphatic carbocycles. The SMILES string of the molecule is O=C1N/C(=N\N=C\c2ccccc2)SC1CCO. The molecule has 0 saturated carbocycles. The number of carbonyl (C=O) groups excluding carboxylic acids is 1. The Kier molecular flexibility index (Phi) is 4.49. The van der Waals surface area contributed by atoms with Crippen molar-refractivity contribution in [2.24, 2.45) is 10.2 Å². The number of amides is 1. The molecule has 1 fully saturated rings. The number of benzene rings is 1. The third kappa shape index (κ3) is 3.41. The number of aliphatic hydroxyl groups is 1. The smallest absolute Gasteiger partial charge is 0.239 e. The molecule has 1 aliphatic heterocycles. The second kappa shape index (κ2) is 6.32. The number of hydrogen-bond acceptors (Lipinski definition) is 5. The zero-order valence-corrected chi connectivity index (χ0v) is 10.4. The van der Waals surface area contributed by atoms with E-state index >= 15 is 0 Å². The van der Waals surface area contributed by atoms with Crippen LogP contribution in [0.2, 0.25) is 0 Å². The fraction of sp³-hybridized carbons (Fsp3) is 0.250. The number of nitrogens with one attached hydrogen (secondary N) is 1. The lowest BCUT2D eigenvalue weighted by molar-refractivity contribution is -0.119. The monoisotopic (exact) mass is 263 g/mol. The van der Waals surface area contributed by atoms with Gasteiger partial charge in [-0.25, -0.2) is 0 Å². The number of aliphatic hydroxyl groups excluding tert-OH is 1. The molecule has 0 aromatic heterocycles. The second-order valence-corrected chi connectivity index (χ2v) is 4.86. The molecule has 1 aliphatic rings. The van der Waals surface area contributed by atoms with Gasteiger partial charge in [0.2, 0.25) is 5.91 Å². The number of hydrogen-bond donors (Lipinski definition) is 2. The molecular formula is C12H13N3O2S. The summed E-state index contributed by atoms with van der Waals surface area (Å²) < 4.78 is 0. The third-order valence-electron chi connectivity index (χ3n) is 2.32. The minimum Gasteiger partial charge on any atom is -0.396 e. The molecule has 1 unspecified atom stereocenters. The Bertz CT molecular complexity index is 473. The van der Waals surface area contributed by atoms with E-state index in [9.17, 15) is 4.79 Å². The predicted molar refractivity (Wildman–Crippen MR) is 72.7 cm³/mol. The van der Waals surface area contributed by atoms with E-state index in [0.717, 1.165) is 5.56 Å². The predicted octanol–water partition coefficient (Wildman–Crippen LogP) is 0.990. The summed E-state index contributed by atoms with van der Waals surface area (Å²) in [4.78, 5) is 11.4. The molecule has 1 amide bonds. The van der Waals surface area contributed by atoms with Gasteiger partial charge in [-0.05, 0) is 12.0 Å². The molecule has 18 heavy (non-hydrogen) atoms. The van der Waals surface area contributed by atoms with E-state index in [2.05, 4.69) is 15.5 Å². The van der Waals surface area contributed by atoms with E-state index in [-0.39, 0.29) is 17.8 Å². The molecule has 0 bridgehead atoms. The average molecular weight is 263 g/mol. The Hall–Kier alpha value is -1.66. The molecule has 1 heterocycles. The number of carbonyl (C=O) groups is 1. The molecule has 2 rings (SSSR count). The Morgan fingerprint density at radius 3 is 2.89 bits per heavy atom. The minimum atomic E-state index is -0.263. The molecule has 1 atom stereocenters. The highest BCUT2D eigenvalue weighted by Gasteiger charge is 2.29. The van der Waals surface area contributed by atoms with Crippen LogP contribution in [-0.4, -0.2) is 34.3 Å². The van der Waals surface area contributed by atoms with Crippen LogP contribution in [0.5, 0.6) is 0 Å². The van der Waals surface area contributed by atoms with Crippen molar-refractivity contribution in [3.05, 3.63) is 35.9 Å². The van der Waals surface area contributed by atoms with Gasteiger partial charge in [-0.1, -0.05) is 42.1 Å². The summed E-state index contributed by atoms with van der Waals surface area (Å²) in [6.45, 7) is -0.00828. The average Bonchev–Trinajstić information content (AvgIpc) is 2.72. The van der Waals surface area contributed by atoms with Crippen LogP contribution >= 0.6 is 11.8 Å². The van der Waals surface area contributed by atoms with Crippen LogP contribution in [0.4, 0.5) is 0 Å². The maximum absolute atomic E-state index is 11.4. The normalized spacial score (nSPS) is 21.7. The van der Waals surface area contributed by atoms with Crippen molar-refractivity contribution in [1.29, 1.82) is 0 Å². The van der Waals surface area contributed by atoms with Crippen molar-refractivity contribution in [2.75, 3.05) is 6.61 Å². The first-order valence-electron chi connectivity index (χ1n) is 5.54. The number of rotatable bonds is 4. The first-order chi connectivity index (χ1) is 8.79. The van der Waals surface area contributed by atoms with Gasteiger partial charge in [-0.2, -0.15) is 5.10 Å². The standard InChI is InChI=1S/C12H13N3O2S/c16-7-6-10-11(17)14-12(18-10)15-13-8-9-4-2-1-3-5-9/h1-5,8,10,16H,6-7H2,(H,14,15,17)/b13-8+. The molecule has 0 spiro atoms. The van der Waals surface area contributed by atoms with E-state index in [0.29, 0.717) is 11.6 Å². The zero-order chi connectivity index (χ0) is 12.8. The number of thioether (sulfide) groups is 1. The molecule has 1 aromatic carbocycles. The summed E-state index contributed by atoms with van der Waals surface area (Å²) in [6, 6.07) is 9.59. The van der Waals surface area contributed by atoms with E-state index in [1.165, 1.54) is 11.8 Å². The van der Waals surface area contributed by atoms with E-state index in [4.69, 9.17) is 5.11 Å². The van der Waals surface area contributed by atoms with Crippen molar-refractivity contribution in [2.45, 2.75) is 11.7 Å². The maximum atomic E-state index is 11.4. The van der Waals surface area contributed by atoms with E-state index in [1.54, 1.807) is 6.21 Å². The molecule has 0 radical (unpaired) electrons. The Morgan fingerprint density at radius 2 is 2.17 bits per heavy atom. The van der Waals surface area contributed by atoms with Crippen LogP contribution < -0.4 is 5.32 Å². The van der Waals surface area contributed by atoms with Gasteiger partial charge in [0.15, 0.2) is 5.17 Å². The van der Waals surface area contributed by atoms with Gasteiger partial charge in [-0.3, -0.25) is 4.79 Å². The largest absolute Gasteiger partial charge is 0.396 e. The van der Waals surface area contributed by atoms with Gasteiger partial charge < -0.3 is 10.4 Å². The first kappa shape index (κ1) is 12.8. The highest BCUT2D eigenvalue weighted by atomic mass is 32.2. The van der Waals surface area contributed by atoms with Crippen molar-refractivity contribution in [3.8, 4) is 0 Å². The quantitative estimate of drug-likeness (QED) is 0.628. The summed E-state index contributed by atoms with van der Waals surface area (Å²) in [7, 11) is 0. The summed E-state index contributed by atoms with van der Waals surface area (Å²) in [6.07, 6.45) is 2.05. The van der Waals surface area contributed by atoms with E-state index < -0.39 is 0 Å². The lowest BCUT2D eigenvalue weighted by atomic mass is 10.2. The highest BCUT2D eigenvalue weighted by molar-refractivity contribution is 8.15. The molecule has 94 valence electrons.